The number of hydrogen-bond donors (Lipinski definition) is 1. The van der Waals surface area contributed by atoms with Gasteiger partial charge in [0.1, 0.15) is 11.3 Å². The highest BCUT2D eigenvalue weighted by Crippen LogP contribution is 2.32. The van der Waals surface area contributed by atoms with E-state index in [-0.39, 0.29) is 28.9 Å². The minimum absolute atomic E-state index is 0.0271. The highest BCUT2D eigenvalue weighted by atomic mass is 35.5. The Morgan fingerprint density at radius 3 is 2.74 bits per heavy atom. The van der Waals surface area contributed by atoms with Crippen LogP contribution < -0.4 is 10.9 Å². The second kappa shape index (κ2) is 7.28. The van der Waals surface area contributed by atoms with Crippen LogP contribution in [0.4, 0.5) is 0 Å². The first-order valence-corrected chi connectivity index (χ1v) is 8.31. The van der Waals surface area contributed by atoms with Gasteiger partial charge in [-0.2, -0.15) is 0 Å². The van der Waals surface area contributed by atoms with E-state index in [1.807, 2.05) is 0 Å². The summed E-state index contributed by atoms with van der Waals surface area (Å²) in [6.45, 7) is 1.52. The number of rotatable bonds is 4. The van der Waals surface area contributed by atoms with Crippen molar-refractivity contribution in [3.63, 3.8) is 0 Å². The lowest BCUT2D eigenvalue weighted by atomic mass is 9.92. The molecule has 1 unspecified atom stereocenters. The SMILES string of the molecule is COC(=O)CC(c1oc(C)cc(=O)c1O)c1coc2ccc(Cl)cc2c1=O. The lowest BCUT2D eigenvalue weighted by Gasteiger charge is -2.16. The zero-order valence-corrected chi connectivity index (χ0v) is 15.2. The van der Waals surface area contributed by atoms with E-state index in [2.05, 4.69) is 4.74 Å². The van der Waals surface area contributed by atoms with Gasteiger partial charge < -0.3 is 18.7 Å². The zero-order valence-electron chi connectivity index (χ0n) is 14.4. The Labute approximate surface area is 157 Å². The smallest absolute Gasteiger partial charge is 0.306 e. The van der Waals surface area contributed by atoms with Crippen LogP contribution in [0.5, 0.6) is 5.75 Å². The third kappa shape index (κ3) is 3.59. The van der Waals surface area contributed by atoms with Crippen LogP contribution in [0, 0.1) is 6.92 Å². The summed E-state index contributed by atoms with van der Waals surface area (Å²) in [5.74, 6) is -2.41. The Kier molecular flexibility index (Phi) is 5.05. The van der Waals surface area contributed by atoms with Crippen molar-refractivity contribution in [1.29, 1.82) is 0 Å². The summed E-state index contributed by atoms with van der Waals surface area (Å²) in [6.07, 6.45) is 0.835. The molecule has 0 saturated carbocycles. The third-order valence-corrected chi connectivity index (χ3v) is 4.36. The van der Waals surface area contributed by atoms with Gasteiger partial charge in [0.15, 0.2) is 11.2 Å². The molecule has 0 radical (unpaired) electrons. The number of fused-ring (bicyclic) bond motifs is 1. The van der Waals surface area contributed by atoms with Crippen molar-refractivity contribution in [2.24, 2.45) is 0 Å². The van der Waals surface area contributed by atoms with Crippen molar-refractivity contribution in [1.82, 2.24) is 0 Å². The molecule has 2 aromatic heterocycles. The summed E-state index contributed by atoms with van der Waals surface area (Å²) in [6, 6.07) is 5.66. The van der Waals surface area contributed by atoms with E-state index in [0.717, 1.165) is 6.07 Å². The number of benzene rings is 1. The number of esters is 1. The van der Waals surface area contributed by atoms with E-state index in [4.69, 9.17) is 20.4 Å². The molecule has 0 spiro atoms. The predicted molar refractivity (Wildman–Crippen MR) is 97.3 cm³/mol. The van der Waals surface area contributed by atoms with Gasteiger partial charge in [-0.3, -0.25) is 14.4 Å². The molecule has 2 heterocycles. The maximum absolute atomic E-state index is 13.0. The van der Waals surface area contributed by atoms with Crippen LogP contribution in [-0.2, 0) is 9.53 Å². The molecule has 8 heteroatoms. The molecule has 27 heavy (non-hydrogen) atoms. The Hall–Kier alpha value is -3.06. The van der Waals surface area contributed by atoms with Crippen molar-refractivity contribution in [3.8, 4) is 5.75 Å². The number of aryl methyl sites for hydroxylation is 1. The van der Waals surface area contributed by atoms with Gasteiger partial charge >= 0.3 is 5.97 Å². The molecule has 0 amide bonds. The van der Waals surface area contributed by atoms with Crippen LogP contribution in [0.2, 0.25) is 5.02 Å². The highest BCUT2D eigenvalue weighted by molar-refractivity contribution is 6.31. The monoisotopic (exact) mass is 390 g/mol. The van der Waals surface area contributed by atoms with Crippen LogP contribution in [0.15, 0.2) is 49.0 Å². The molecule has 3 rings (SSSR count). The maximum atomic E-state index is 13.0. The fraction of sp³-hybridized carbons (Fsp3) is 0.211. The van der Waals surface area contributed by atoms with Crippen molar-refractivity contribution < 1.29 is 23.5 Å². The Balaban J connectivity index is 2.28. The summed E-state index contributed by atoms with van der Waals surface area (Å²) < 4.78 is 15.6. The van der Waals surface area contributed by atoms with E-state index in [1.54, 1.807) is 12.1 Å². The normalized spacial score (nSPS) is 12.1. The summed E-state index contributed by atoms with van der Waals surface area (Å²) >= 11 is 5.96. The quantitative estimate of drug-likeness (QED) is 0.682. The second-order valence-corrected chi connectivity index (χ2v) is 6.36. The van der Waals surface area contributed by atoms with E-state index in [9.17, 15) is 19.5 Å². The third-order valence-electron chi connectivity index (χ3n) is 4.12. The van der Waals surface area contributed by atoms with Gasteiger partial charge in [0.25, 0.3) is 0 Å². The number of aromatic hydroxyl groups is 1. The molecule has 7 nitrogen and oxygen atoms in total. The lowest BCUT2D eigenvalue weighted by molar-refractivity contribution is -0.140. The van der Waals surface area contributed by atoms with Gasteiger partial charge in [0.2, 0.25) is 11.2 Å². The molecule has 1 atom stereocenters. The average Bonchev–Trinajstić information content (AvgIpc) is 2.64. The second-order valence-electron chi connectivity index (χ2n) is 5.93. The molecule has 0 saturated heterocycles. The first-order valence-electron chi connectivity index (χ1n) is 7.93. The van der Waals surface area contributed by atoms with Crippen LogP contribution in [0.25, 0.3) is 11.0 Å². The molecular weight excluding hydrogens is 376 g/mol. The number of carbonyl (C=O) groups excluding carboxylic acids is 1. The molecule has 3 aromatic rings. The lowest BCUT2D eigenvalue weighted by Crippen LogP contribution is -2.19. The molecule has 0 bridgehead atoms. The van der Waals surface area contributed by atoms with Crippen molar-refractivity contribution in [2.75, 3.05) is 7.11 Å². The van der Waals surface area contributed by atoms with E-state index >= 15 is 0 Å². The Morgan fingerprint density at radius 1 is 1.30 bits per heavy atom. The van der Waals surface area contributed by atoms with Crippen molar-refractivity contribution >= 4 is 28.5 Å². The fourth-order valence-corrected chi connectivity index (χ4v) is 2.99. The number of halogens is 1. The first kappa shape index (κ1) is 18.7. The van der Waals surface area contributed by atoms with E-state index in [0.29, 0.717) is 10.6 Å². The molecule has 1 N–H and O–H groups in total. The number of carbonyl (C=O) groups is 1. The van der Waals surface area contributed by atoms with Gasteiger partial charge in [-0.15, -0.1) is 0 Å². The largest absolute Gasteiger partial charge is 0.502 e. The summed E-state index contributed by atoms with van der Waals surface area (Å²) in [5.41, 5.74) is -0.813. The van der Waals surface area contributed by atoms with Gasteiger partial charge in [0, 0.05) is 16.7 Å². The molecule has 0 aliphatic carbocycles. The highest BCUT2D eigenvalue weighted by Gasteiger charge is 2.29. The minimum atomic E-state index is -1.08. The van der Waals surface area contributed by atoms with Crippen molar-refractivity contribution in [2.45, 2.75) is 19.3 Å². The number of hydrogen-bond acceptors (Lipinski definition) is 7. The number of ether oxygens (including phenoxy) is 1. The van der Waals surface area contributed by atoms with Gasteiger partial charge in [-0.1, -0.05) is 11.6 Å². The summed E-state index contributed by atoms with van der Waals surface area (Å²) in [5, 5.41) is 10.7. The molecule has 1 aromatic carbocycles. The van der Waals surface area contributed by atoms with Crippen LogP contribution >= 0.6 is 11.6 Å². The van der Waals surface area contributed by atoms with E-state index in [1.165, 1.54) is 26.4 Å². The predicted octanol–water partition coefficient (Wildman–Crippen LogP) is 3.11. The number of methoxy groups -OCH3 is 1. The average molecular weight is 391 g/mol. The summed E-state index contributed by atoms with van der Waals surface area (Å²) in [7, 11) is 1.19. The molecule has 0 fully saturated rings. The molecule has 0 aliphatic rings. The maximum Gasteiger partial charge on any atom is 0.306 e. The fourth-order valence-electron chi connectivity index (χ4n) is 2.81. The van der Waals surface area contributed by atoms with Gasteiger partial charge in [-0.25, -0.2) is 0 Å². The molecule has 0 aliphatic heterocycles. The van der Waals surface area contributed by atoms with Crippen LogP contribution in [0.3, 0.4) is 0 Å². The Bertz CT molecular complexity index is 1140. The Morgan fingerprint density at radius 2 is 2.04 bits per heavy atom. The van der Waals surface area contributed by atoms with E-state index < -0.39 is 28.5 Å². The van der Waals surface area contributed by atoms with Crippen LogP contribution in [0.1, 0.15) is 29.4 Å². The summed E-state index contributed by atoms with van der Waals surface area (Å²) in [4.78, 5) is 36.8. The van der Waals surface area contributed by atoms with Gasteiger partial charge in [-0.05, 0) is 25.1 Å². The molecule has 140 valence electrons. The zero-order chi connectivity index (χ0) is 19.7. The molecular formula is C19H15ClO7. The standard InChI is InChI=1S/C19H15ClO7/c1-9-5-14(21)18(24)19(27-9)11(7-16(22)25-2)13-8-26-15-4-3-10(20)6-12(15)17(13)23/h3-6,8,11,24H,7H2,1-2H3. The van der Waals surface area contributed by atoms with Crippen LogP contribution in [-0.4, -0.2) is 18.2 Å². The topological polar surface area (TPSA) is 107 Å². The first-order chi connectivity index (χ1) is 12.8. The van der Waals surface area contributed by atoms with Gasteiger partial charge in [0.05, 0.1) is 31.1 Å². The van der Waals surface area contributed by atoms with Crippen molar-refractivity contribution in [3.05, 3.63) is 73.1 Å². The minimum Gasteiger partial charge on any atom is -0.502 e.